The van der Waals surface area contributed by atoms with Crippen molar-refractivity contribution in [3.8, 4) is 0 Å². The lowest BCUT2D eigenvalue weighted by Crippen LogP contribution is -2.45. The second-order valence-corrected chi connectivity index (χ2v) is 6.23. The van der Waals surface area contributed by atoms with Crippen LogP contribution in [0.2, 0.25) is 0 Å². The molecule has 0 bridgehead atoms. The fraction of sp³-hybridized carbons (Fsp3) is 0.700. The number of hydrogen-bond donors (Lipinski definition) is 2. The lowest BCUT2D eigenvalue weighted by molar-refractivity contribution is 0.254. The Morgan fingerprint density at radius 2 is 2.17 bits per heavy atom. The molecule has 7 nitrogen and oxygen atoms in total. The Bertz CT molecular complexity index is 478. The van der Waals surface area contributed by atoms with Crippen molar-refractivity contribution in [2.45, 2.75) is 0 Å². The van der Waals surface area contributed by atoms with E-state index in [-0.39, 0.29) is 5.75 Å². The number of rotatable bonds is 5. The highest BCUT2D eigenvalue weighted by Crippen LogP contribution is 2.05. The third kappa shape index (κ3) is 3.97. The number of piperazine rings is 1. The van der Waals surface area contributed by atoms with E-state index < -0.39 is 10.0 Å². The largest absolute Gasteiger partial charge is 0.314 e. The molecule has 0 unspecified atom stereocenters. The summed E-state index contributed by atoms with van der Waals surface area (Å²) in [7, 11) is -1.56. The van der Waals surface area contributed by atoms with Gasteiger partial charge in [0, 0.05) is 52.0 Å². The van der Waals surface area contributed by atoms with Gasteiger partial charge in [0.25, 0.3) is 0 Å². The molecule has 18 heavy (non-hydrogen) atoms. The van der Waals surface area contributed by atoms with Gasteiger partial charge in [0.15, 0.2) is 5.82 Å². The molecule has 102 valence electrons. The molecule has 2 N–H and O–H groups in total. The van der Waals surface area contributed by atoms with E-state index in [1.165, 1.54) is 0 Å². The van der Waals surface area contributed by atoms with Gasteiger partial charge in [0.1, 0.15) is 0 Å². The van der Waals surface area contributed by atoms with Crippen LogP contribution >= 0.6 is 0 Å². The molecular weight excluding hydrogens is 254 g/mol. The Balaban J connectivity index is 1.83. The van der Waals surface area contributed by atoms with Crippen LogP contribution < -0.4 is 10.0 Å². The van der Waals surface area contributed by atoms with E-state index in [1.807, 2.05) is 0 Å². The minimum Gasteiger partial charge on any atom is -0.314 e. The molecule has 1 aliphatic heterocycles. The van der Waals surface area contributed by atoms with Gasteiger partial charge < -0.3 is 5.32 Å². The van der Waals surface area contributed by atoms with Crippen molar-refractivity contribution in [3.05, 3.63) is 12.3 Å². The summed E-state index contributed by atoms with van der Waals surface area (Å²) in [5.74, 6) is 0.474. The fourth-order valence-electron chi connectivity index (χ4n) is 1.86. The summed E-state index contributed by atoms with van der Waals surface area (Å²) in [5, 5.41) is 7.23. The lowest BCUT2D eigenvalue weighted by atomic mass is 10.4. The zero-order chi connectivity index (χ0) is 13.0. The topological polar surface area (TPSA) is 79.3 Å². The molecule has 1 aromatic rings. The molecule has 8 heteroatoms. The van der Waals surface area contributed by atoms with Crippen LogP contribution in [0.25, 0.3) is 0 Å². The van der Waals surface area contributed by atoms with Crippen molar-refractivity contribution >= 4 is 15.8 Å². The van der Waals surface area contributed by atoms with Crippen molar-refractivity contribution in [1.29, 1.82) is 0 Å². The average Bonchev–Trinajstić information content (AvgIpc) is 2.73. The predicted molar refractivity (Wildman–Crippen MR) is 69.9 cm³/mol. The Morgan fingerprint density at radius 3 is 2.78 bits per heavy atom. The average molecular weight is 273 g/mol. The van der Waals surface area contributed by atoms with Crippen LogP contribution in [0.1, 0.15) is 0 Å². The van der Waals surface area contributed by atoms with Crippen LogP contribution in [0.3, 0.4) is 0 Å². The summed E-state index contributed by atoms with van der Waals surface area (Å²) < 4.78 is 27.7. The van der Waals surface area contributed by atoms with E-state index in [9.17, 15) is 8.42 Å². The predicted octanol–water partition coefficient (Wildman–Crippen LogP) is -0.933. The third-order valence-electron chi connectivity index (χ3n) is 2.86. The minimum atomic E-state index is -3.31. The van der Waals surface area contributed by atoms with Crippen molar-refractivity contribution in [2.75, 3.05) is 43.2 Å². The van der Waals surface area contributed by atoms with Crippen molar-refractivity contribution in [1.82, 2.24) is 20.0 Å². The van der Waals surface area contributed by atoms with Gasteiger partial charge in [-0.15, -0.1) is 0 Å². The molecule has 1 fully saturated rings. The van der Waals surface area contributed by atoms with E-state index in [0.29, 0.717) is 12.4 Å². The SMILES string of the molecule is Cn1ccc(NS(=O)(=O)CCN2CCNCC2)n1. The van der Waals surface area contributed by atoms with Crippen LogP contribution in [-0.2, 0) is 17.1 Å². The number of aryl methyl sites for hydroxylation is 1. The Hall–Kier alpha value is -1.12. The molecule has 1 aliphatic rings. The Morgan fingerprint density at radius 1 is 1.44 bits per heavy atom. The normalized spacial score (nSPS) is 17.8. The quantitative estimate of drug-likeness (QED) is 0.724. The first kappa shape index (κ1) is 13.3. The molecule has 0 radical (unpaired) electrons. The maximum Gasteiger partial charge on any atom is 0.235 e. The number of hydrogen-bond acceptors (Lipinski definition) is 5. The van der Waals surface area contributed by atoms with Crippen molar-refractivity contribution in [3.63, 3.8) is 0 Å². The Kier molecular flexibility index (Phi) is 4.20. The number of anilines is 1. The summed E-state index contributed by atoms with van der Waals surface area (Å²) in [5.41, 5.74) is 0. The number of nitrogens with one attached hydrogen (secondary N) is 2. The van der Waals surface area contributed by atoms with Crippen LogP contribution in [-0.4, -0.2) is 61.6 Å². The summed E-state index contributed by atoms with van der Waals surface area (Å²) in [6.45, 7) is 4.21. The highest BCUT2D eigenvalue weighted by atomic mass is 32.2. The van der Waals surface area contributed by atoms with Gasteiger partial charge >= 0.3 is 0 Å². The van der Waals surface area contributed by atoms with Crippen LogP contribution in [0.4, 0.5) is 5.82 Å². The standard InChI is InChI=1S/C10H19N5O2S/c1-14-5-2-10(12-14)13-18(16,17)9-8-15-6-3-11-4-7-15/h2,5,11H,3-4,6-9H2,1H3,(H,12,13). The zero-order valence-corrected chi connectivity index (χ0v) is 11.3. The van der Waals surface area contributed by atoms with Gasteiger partial charge in [-0.1, -0.05) is 0 Å². The number of sulfonamides is 1. The molecule has 2 rings (SSSR count). The second kappa shape index (κ2) is 5.68. The lowest BCUT2D eigenvalue weighted by Gasteiger charge is -2.26. The smallest absolute Gasteiger partial charge is 0.235 e. The highest BCUT2D eigenvalue weighted by molar-refractivity contribution is 7.92. The van der Waals surface area contributed by atoms with Crippen LogP contribution in [0, 0.1) is 0 Å². The van der Waals surface area contributed by atoms with Gasteiger partial charge in [-0.3, -0.25) is 14.3 Å². The van der Waals surface area contributed by atoms with Crippen LogP contribution in [0.15, 0.2) is 12.3 Å². The molecule has 1 aromatic heterocycles. The summed E-state index contributed by atoms with van der Waals surface area (Å²) >= 11 is 0. The maximum absolute atomic E-state index is 11.8. The van der Waals surface area contributed by atoms with Gasteiger partial charge in [0.2, 0.25) is 10.0 Å². The highest BCUT2D eigenvalue weighted by Gasteiger charge is 2.16. The molecule has 1 saturated heterocycles. The summed E-state index contributed by atoms with van der Waals surface area (Å²) in [4.78, 5) is 2.15. The Labute approximate surface area is 107 Å². The second-order valence-electron chi connectivity index (χ2n) is 4.39. The summed E-state index contributed by atoms with van der Waals surface area (Å²) in [6, 6.07) is 1.64. The van der Waals surface area contributed by atoms with Gasteiger partial charge in [-0.2, -0.15) is 5.10 Å². The first-order chi connectivity index (χ1) is 8.55. The van der Waals surface area contributed by atoms with Gasteiger partial charge in [-0.25, -0.2) is 8.42 Å². The van der Waals surface area contributed by atoms with Crippen molar-refractivity contribution < 1.29 is 8.42 Å². The van der Waals surface area contributed by atoms with Crippen LogP contribution in [0.5, 0.6) is 0 Å². The third-order valence-corrected chi connectivity index (χ3v) is 4.10. The molecule has 0 spiro atoms. The van der Waals surface area contributed by atoms with E-state index in [4.69, 9.17) is 0 Å². The first-order valence-corrected chi connectivity index (χ1v) is 7.64. The molecule has 0 amide bonds. The zero-order valence-electron chi connectivity index (χ0n) is 10.5. The number of nitrogens with zero attached hydrogens (tertiary/aromatic N) is 3. The van der Waals surface area contributed by atoms with E-state index in [2.05, 4.69) is 20.0 Å². The molecule has 2 heterocycles. The van der Waals surface area contributed by atoms with E-state index in [0.717, 1.165) is 26.2 Å². The first-order valence-electron chi connectivity index (χ1n) is 5.98. The van der Waals surface area contributed by atoms with Crippen molar-refractivity contribution in [2.24, 2.45) is 7.05 Å². The molecule has 0 aliphatic carbocycles. The van der Waals surface area contributed by atoms with Gasteiger partial charge in [0.05, 0.1) is 5.75 Å². The van der Waals surface area contributed by atoms with Gasteiger partial charge in [-0.05, 0) is 0 Å². The van der Waals surface area contributed by atoms with E-state index >= 15 is 0 Å². The fourth-order valence-corrected chi connectivity index (χ4v) is 2.89. The molecular formula is C10H19N5O2S. The monoisotopic (exact) mass is 273 g/mol. The molecule has 0 atom stereocenters. The maximum atomic E-state index is 11.8. The molecule has 0 aromatic carbocycles. The number of aromatic nitrogens is 2. The van der Waals surface area contributed by atoms with E-state index in [1.54, 1.807) is 24.0 Å². The minimum absolute atomic E-state index is 0.101. The summed E-state index contributed by atoms with van der Waals surface area (Å²) in [6.07, 6.45) is 1.70. The molecule has 0 saturated carbocycles.